The van der Waals surface area contributed by atoms with Gasteiger partial charge in [0.05, 0.1) is 0 Å². The van der Waals surface area contributed by atoms with Gasteiger partial charge in [0.2, 0.25) is 11.8 Å². The molecule has 0 rings (SSSR count). The zero-order valence-corrected chi connectivity index (χ0v) is 18.6. The highest BCUT2D eigenvalue weighted by molar-refractivity contribution is 5.87. The van der Waals surface area contributed by atoms with Crippen molar-refractivity contribution < 1.29 is 19.5 Å². The van der Waals surface area contributed by atoms with Crippen molar-refractivity contribution >= 4 is 17.8 Å². The number of hydrogen-bond acceptors (Lipinski definition) is 3. The Morgan fingerprint density at radius 3 is 1.79 bits per heavy atom. The van der Waals surface area contributed by atoms with E-state index in [-0.39, 0.29) is 18.2 Å². The summed E-state index contributed by atoms with van der Waals surface area (Å²) in [6, 6.07) is -0.587. The second-order valence-electron chi connectivity index (χ2n) is 7.36. The number of amides is 2. The van der Waals surface area contributed by atoms with E-state index in [1.165, 1.54) is 51.4 Å². The highest BCUT2D eigenvalue weighted by Crippen LogP contribution is 2.10. The Morgan fingerprint density at radius 2 is 1.29 bits per heavy atom. The number of hydrogen-bond donors (Lipinski definition) is 3. The van der Waals surface area contributed by atoms with Crippen LogP contribution in [0, 0.1) is 0 Å². The highest BCUT2D eigenvalue weighted by atomic mass is 16.4. The van der Waals surface area contributed by atoms with Crippen LogP contribution >= 0.6 is 0 Å². The quantitative estimate of drug-likeness (QED) is 0.324. The average molecular weight is 401 g/mol. The van der Waals surface area contributed by atoms with Crippen LogP contribution in [0.4, 0.5) is 0 Å². The minimum Gasteiger partial charge on any atom is -0.481 e. The zero-order valence-electron chi connectivity index (χ0n) is 18.6. The van der Waals surface area contributed by atoms with Crippen LogP contribution < -0.4 is 10.6 Å². The van der Waals surface area contributed by atoms with Gasteiger partial charge in [-0.3, -0.25) is 14.4 Å². The summed E-state index contributed by atoms with van der Waals surface area (Å²) >= 11 is 0. The lowest BCUT2D eigenvalue weighted by Crippen LogP contribution is -2.45. The molecular weight excluding hydrogens is 356 g/mol. The molecule has 0 radical (unpaired) electrons. The van der Waals surface area contributed by atoms with Crippen molar-refractivity contribution in [1.29, 1.82) is 0 Å². The van der Waals surface area contributed by atoms with E-state index in [0.29, 0.717) is 19.4 Å². The molecule has 1 atom stereocenters. The lowest BCUT2D eigenvalue weighted by Gasteiger charge is -2.14. The fourth-order valence-corrected chi connectivity index (χ4v) is 2.58. The van der Waals surface area contributed by atoms with Crippen molar-refractivity contribution in [1.82, 2.24) is 10.6 Å². The molecule has 1 unspecified atom stereocenters. The Kier molecular flexibility index (Phi) is 22.2. The predicted molar refractivity (Wildman–Crippen MR) is 115 cm³/mol. The molecular formula is C22H44N2O4. The van der Waals surface area contributed by atoms with Gasteiger partial charge in [0.25, 0.3) is 0 Å². The van der Waals surface area contributed by atoms with Gasteiger partial charge in [-0.1, -0.05) is 78.6 Å². The fraction of sp³-hybridized carbons (Fsp3) is 0.864. The average Bonchev–Trinajstić information content (AvgIpc) is 2.64. The van der Waals surface area contributed by atoms with Crippen LogP contribution in [0.5, 0.6) is 0 Å². The van der Waals surface area contributed by atoms with Crippen molar-refractivity contribution in [2.24, 2.45) is 0 Å². The standard InChI is InChI=1S/C19H36N2O4.C3H8/c1-3-4-5-6-7-8-9-10-11-13-17(22)21-16(2)19(25)20-15-12-14-18(23)24;1-3-2/h16H,3-15H2,1-2H3,(H,20,25)(H,21,22)(H,23,24);3H2,1-2H3. The Balaban J connectivity index is 0. The molecule has 0 fully saturated rings. The van der Waals surface area contributed by atoms with Crippen LogP contribution in [0.15, 0.2) is 0 Å². The number of carboxylic acid groups (broad SMARTS) is 1. The van der Waals surface area contributed by atoms with Crippen LogP contribution in [0.2, 0.25) is 0 Å². The molecule has 3 N–H and O–H groups in total. The number of carbonyl (C=O) groups is 3. The van der Waals surface area contributed by atoms with Gasteiger partial charge in [-0.15, -0.1) is 0 Å². The summed E-state index contributed by atoms with van der Waals surface area (Å²) < 4.78 is 0. The third kappa shape index (κ3) is 22.5. The maximum atomic E-state index is 11.8. The van der Waals surface area contributed by atoms with Gasteiger partial charge in [0.1, 0.15) is 6.04 Å². The van der Waals surface area contributed by atoms with Gasteiger partial charge < -0.3 is 15.7 Å². The number of carboxylic acids is 1. The van der Waals surface area contributed by atoms with Crippen LogP contribution in [-0.4, -0.2) is 35.5 Å². The predicted octanol–water partition coefficient (Wildman–Crippen LogP) is 4.81. The molecule has 166 valence electrons. The Morgan fingerprint density at radius 1 is 0.786 bits per heavy atom. The maximum Gasteiger partial charge on any atom is 0.303 e. The monoisotopic (exact) mass is 400 g/mol. The summed E-state index contributed by atoms with van der Waals surface area (Å²) in [4.78, 5) is 34.0. The van der Waals surface area contributed by atoms with Gasteiger partial charge in [-0.25, -0.2) is 0 Å². The smallest absolute Gasteiger partial charge is 0.303 e. The number of unbranched alkanes of at least 4 members (excludes halogenated alkanes) is 8. The third-order valence-electron chi connectivity index (χ3n) is 4.14. The summed E-state index contributed by atoms with van der Waals surface area (Å²) in [5.74, 6) is -1.25. The Labute approximate surface area is 172 Å². The van der Waals surface area contributed by atoms with Gasteiger partial charge in [0.15, 0.2) is 0 Å². The molecule has 0 heterocycles. The van der Waals surface area contributed by atoms with E-state index >= 15 is 0 Å². The molecule has 0 spiro atoms. The summed E-state index contributed by atoms with van der Waals surface area (Å²) in [7, 11) is 0. The van der Waals surface area contributed by atoms with Crippen LogP contribution in [0.3, 0.4) is 0 Å². The largest absolute Gasteiger partial charge is 0.481 e. The van der Waals surface area contributed by atoms with Gasteiger partial charge in [0, 0.05) is 19.4 Å². The first-order valence-electron chi connectivity index (χ1n) is 11.2. The molecule has 0 aromatic carbocycles. The molecule has 0 bridgehead atoms. The van der Waals surface area contributed by atoms with E-state index in [1.54, 1.807) is 6.92 Å². The molecule has 0 saturated heterocycles. The lowest BCUT2D eigenvalue weighted by molar-refractivity contribution is -0.137. The van der Waals surface area contributed by atoms with E-state index in [9.17, 15) is 14.4 Å². The van der Waals surface area contributed by atoms with Crippen molar-refractivity contribution in [3.63, 3.8) is 0 Å². The molecule has 0 aliphatic heterocycles. The molecule has 28 heavy (non-hydrogen) atoms. The van der Waals surface area contributed by atoms with Crippen molar-refractivity contribution in [2.45, 2.75) is 117 Å². The van der Waals surface area contributed by atoms with E-state index in [0.717, 1.165) is 12.8 Å². The van der Waals surface area contributed by atoms with E-state index < -0.39 is 12.0 Å². The van der Waals surface area contributed by atoms with E-state index in [1.807, 2.05) is 0 Å². The van der Waals surface area contributed by atoms with Crippen LogP contribution in [0.1, 0.15) is 111 Å². The minimum absolute atomic E-state index is 0.0274. The van der Waals surface area contributed by atoms with Crippen molar-refractivity contribution in [3.05, 3.63) is 0 Å². The van der Waals surface area contributed by atoms with Crippen molar-refractivity contribution in [2.75, 3.05) is 6.54 Å². The Bertz CT molecular complexity index is 400. The number of rotatable bonds is 16. The second-order valence-corrected chi connectivity index (χ2v) is 7.36. The van der Waals surface area contributed by atoms with E-state index in [2.05, 4.69) is 31.4 Å². The van der Waals surface area contributed by atoms with Crippen LogP contribution in [-0.2, 0) is 14.4 Å². The SMILES string of the molecule is CCC.CCCCCCCCCCCC(=O)NC(C)C(=O)NCCCC(=O)O. The normalized spacial score (nSPS) is 11.1. The first kappa shape index (κ1) is 28.6. The molecule has 2 amide bonds. The molecule has 0 saturated carbocycles. The fourth-order valence-electron chi connectivity index (χ4n) is 2.58. The summed E-state index contributed by atoms with van der Waals surface area (Å²) in [5.41, 5.74) is 0. The highest BCUT2D eigenvalue weighted by Gasteiger charge is 2.14. The summed E-state index contributed by atoms with van der Waals surface area (Å²) in [6.45, 7) is 8.42. The van der Waals surface area contributed by atoms with Crippen LogP contribution in [0.25, 0.3) is 0 Å². The number of carbonyl (C=O) groups excluding carboxylic acids is 2. The molecule has 0 aliphatic carbocycles. The van der Waals surface area contributed by atoms with Crippen molar-refractivity contribution in [3.8, 4) is 0 Å². The summed E-state index contributed by atoms with van der Waals surface area (Å²) in [5, 5.41) is 13.8. The topological polar surface area (TPSA) is 95.5 Å². The number of nitrogens with one attached hydrogen (secondary N) is 2. The number of aliphatic carboxylic acids is 1. The molecule has 0 aromatic heterocycles. The van der Waals surface area contributed by atoms with E-state index in [4.69, 9.17) is 5.11 Å². The summed E-state index contributed by atoms with van der Waals surface area (Å²) in [6.07, 6.45) is 12.9. The van der Waals surface area contributed by atoms with Gasteiger partial charge in [-0.05, 0) is 19.8 Å². The molecule has 0 aliphatic rings. The van der Waals surface area contributed by atoms with Gasteiger partial charge in [-0.2, -0.15) is 0 Å². The first-order chi connectivity index (χ1) is 13.4. The first-order valence-corrected chi connectivity index (χ1v) is 11.2. The molecule has 6 nitrogen and oxygen atoms in total. The molecule has 6 heteroatoms. The second kappa shape index (κ2) is 21.7. The Hall–Kier alpha value is -1.59. The molecule has 0 aromatic rings. The van der Waals surface area contributed by atoms with Gasteiger partial charge >= 0.3 is 5.97 Å². The zero-order chi connectivity index (χ0) is 21.6. The minimum atomic E-state index is -0.878. The third-order valence-corrected chi connectivity index (χ3v) is 4.14. The lowest BCUT2D eigenvalue weighted by atomic mass is 10.1. The maximum absolute atomic E-state index is 11.8.